The molecule has 0 spiro atoms. The number of hydrogen-bond acceptors (Lipinski definition) is 6. The second-order valence-corrected chi connectivity index (χ2v) is 5.24. The Morgan fingerprint density at radius 3 is 2.15 bits per heavy atom. The fraction of sp³-hybridized carbons (Fsp3) is 0.0588. The van der Waals surface area contributed by atoms with Gasteiger partial charge in [-0.3, -0.25) is 10.1 Å². The Kier molecular flexibility index (Phi) is 4.27. The summed E-state index contributed by atoms with van der Waals surface area (Å²) in [5, 5.41) is 30.1. The predicted molar refractivity (Wildman–Crippen MR) is 87.7 cm³/mol. The van der Waals surface area contributed by atoms with E-state index in [0.717, 1.165) is 6.07 Å². The SMILES string of the molecule is O=C(O)/C(=C(\C(=O)O)c1ccc2c(c1)OCO2)c1cccc([N+](=O)[O-])c1. The molecule has 0 aliphatic carbocycles. The Balaban J connectivity index is 2.25. The zero-order chi connectivity index (χ0) is 18.8. The summed E-state index contributed by atoms with van der Waals surface area (Å²) < 4.78 is 10.3. The van der Waals surface area contributed by atoms with Crippen LogP contribution in [0.1, 0.15) is 11.1 Å². The van der Waals surface area contributed by atoms with Crippen molar-refractivity contribution in [2.24, 2.45) is 0 Å². The molecule has 0 radical (unpaired) electrons. The molecule has 0 unspecified atom stereocenters. The van der Waals surface area contributed by atoms with Gasteiger partial charge in [-0.1, -0.05) is 18.2 Å². The number of non-ortho nitro benzene ring substituents is 1. The van der Waals surface area contributed by atoms with Gasteiger partial charge in [-0.2, -0.15) is 0 Å². The van der Waals surface area contributed by atoms with Crippen LogP contribution in [0.5, 0.6) is 11.5 Å². The van der Waals surface area contributed by atoms with Crippen molar-refractivity contribution in [3.05, 3.63) is 63.7 Å². The molecule has 1 heterocycles. The lowest BCUT2D eigenvalue weighted by atomic mass is 9.94. The number of benzene rings is 2. The Bertz CT molecular complexity index is 963. The second kappa shape index (κ2) is 6.55. The van der Waals surface area contributed by atoms with Crippen LogP contribution < -0.4 is 9.47 Å². The third-order valence-corrected chi connectivity index (χ3v) is 3.68. The third kappa shape index (κ3) is 3.05. The Hall–Kier alpha value is -3.88. The molecule has 3 rings (SSSR count). The van der Waals surface area contributed by atoms with Gasteiger partial charge in [0, 0.05) is 12.1 Å². The van der Waals surface area contributed by atoms with E-state index in [4.69, 9.17) is 9.47 Å². The maximum atomic E-state index is 11.8. The molecule has 9 heteroatoms. The molecule has 132 valence electrons. The Morgan fingerprint density at radius 2 is 1.54 bits per heavy atom. The van der Waals surface area contributed by atoms with Crippen LogP contribution in [0.4, 0.5) is 5.69 Å². The first-order valence-corrected chi connectivity index (χ1v) is 7.24. The maximum Gasteiger partial charge on any atom is 0.337 e. The minimum atomic E-state index is -1.53. The molecule has 2 aromatic rings. The van der Waals surface area contributed by atoms with E-state index in [-0.39, 0.29) is 29.4 Å². The summed E-state index contributed by atoms with van der Waals surface area (Å²) in [6, 6.07) is 8.99. The van der Waals surface area contributed by atoms with E-state index in [1.54, 1.807) is 0 Å². The molecular weight excluding hydrogens is 346 g/mol. The summed E-state index contributed by atoms with van der Waals surface area (Å²) in [5.41, 5.74) is -1.46. The normalized spacial score (nSPS) is 13.1. The third-order valence-electron chi connectivity index (χ3n) is 3.68. The van der Waals surface area contributed by atoms with E-state index in [2.05, 4.69) is 0 Å². The van der Waals surface area contributed by atoms with Gasteiger partial charge in [-0.15, -0.1) is 0 Å². The summed E-state index contributed by atoms with van der Waals surface area (Å²) >= 11 is 0. The zero-order valence-corrected chi connectivity index (χ0v) is 13.0. The highest BCUT2D eigenvalue weighted by Crippen LogP contribution is 2.37. The van der Waals surface area contributed by atoms with Crippen molar-refractivity contribution in [2.45, 2.75) is 0 Å². The first kappa shape index (κ1) is 17.0. The van der Waals surface area contributed by atoms with Crippen molar-refractivity contribution in [1.82, 2.24) is 0 Å². The summed E-state index contributed by atoms with van der Waals surface area (Å²) in [4.78, 5) is 33.9. The molecule has 2 aromatic carbocycles. The van der Waals surface area contributed by atoms with Crippen LogP contribution in [-0.2, 0) is 9.59 Å². The van der Waals surface area contributed by atoms with Gasteiger partial charge in [0.25, 0.3) is 5.69 Å². The quantitative estimate of drug-likeness (QED) is 0.360. The van der Waals surface area contributed by atoms with Crippen LogP contribution in [0.3, 0.4) is 0 Å². The molecule has 0 aromatic heterocycles. The van der Waals surface area contributed by atoms with E-state index in [1.165, 1.54) is 36.4 Å². The number of nitro groups is 1. The highest BCUT2D eigenvalue weighted by Gasteiger charge is 2.26. The van der Waals surface area contributed by atoms with Crippen LogP contribution in [0.15, 0.2) is 42.5 Å². The lowest BCUT2D eigenvalue weighted by Crippen LogP contribution is -2.10. The number of carboxylic acid groups (broad SMARTS) is 2. The number of hydrogen-bond donors (Lipinski definition) is 2. The van der Waals surface area contributed by atoms with Crippen molar-refractivity contribution in [1.29, 1.82) is 0 Å². The molecule has 1 aliphatic rings. The summed E-state index contributed by atoms with van der Waals surface area (Å²) in [5.74, 6) is -2.33. The second-order valence-electron chi connectivity index (χ2n) is 5.24. The predicted octanol–water partition coefficient (Wildman–Crippen LogP) is 2.40. The number of nitro benzene ring substituents is 1. The van der Waals surface area contributed by atoms with E-state index in [1.807, 2.05) is 0 Å². The molecule has 0 fully saturated rings. The van der Waals surface area contributed by atoms with Crippen molar-refractivity contribution >= 4 is 28.8 Å². The van der Waals surface area contributed by atoms with Crippen molar-refractivity contribution < 1.29 is 34.2 Å². The largest absolute Gasteiger partial charge is 0.478 e. The molecule has 9 nitrogen and oxygen atoms in total. The molecular formula is C17H11NO8. The van der Waals surface area contributed by atoms with Gasteiger partial charge in [-0.25, -0.2) is 9.59 Å². The minimum Gasteiger partial charge on any atom is -0.478 e. The van der Waals surface area contributed by atoms with Crippen molar-refractivity contribution in [2.75, 3.05) is 6.79 Å². The number of ether oxygens (including phenoxy) is 2. The van der Waals surface area contributed by atoms with Gasteiger partial charge in [0.15, 0.2) is 11.5 Å². The maximum absolute atomic E-state index is 11.8. The average molecular weight is 357 g/mol. The number of nitrogens with zero attached hydrogens (tertiary/aromatic N) is 1. The molecule has 0 saturated carbocycles. The highest BCUT2D eigenvalue weighted by molar-refractivity contribution is 6.36. The Morgan fingerprint density at radius 1 is 0.923 bits per heavy atom. The van der Waals surface area contributed by atoms with Crippen LogP contribution in [0.25, 0.3) is 11.1 Å². The van der Waals surface area contributed by atoms with Crippen LogP contribution in [0, 0.1) is 10.1 Å². The van der Waals surface area contributed by atoms with E-state index in [9.17, 15) is 29.9 Å². The van der Waals surface area contributed by atoms with E-state index < -0.39 is 28.0 Å². The monoisotopic (exact) mass is 357 g/mol. The molecule has 2 N–H and O–H groups in total. The first-order chi connectivity index (χ1) is 12.4. The van der Waals surface area contributed by atoms with Crippen molar-refractivity contribution in [3.8, 4) is 11.5 Å². The lowest BCUT2D eigenvalue weighted by Gasteiger charge is -2.10. The molecule has 1 aliphatic heterocycles. The molecule has 0 amide bonds. The lowest BCUT2D eigenvalue weighted by molar-refractivity contribution is -0.384. The molecule has 0 bridgehead atoms. The standard InChI is InChI=1S/C17H11NO8/c19-16(20)14(9-2-1-3-11(6-9)18(23)24)15(17(21)22)10-4-5-12-13(7-10)26-8-25-12/h1-7H,8H2,(H,19,20)(H,21,22)/b15-14-. The number of carboxylic acids is 2. The summed E-state index contributed by atoms with van der Waals surface area (Å²) in [6.45, 7) is -0.0262. The van der Waals surface area contributed by atoms with Crippen LogP contribution in [0.2, 0.25) is 0 Å². The van der Waals surface area contributed by atoms with Gasteiger partial charge in [-0.05, 0) is 23.3 Å². The van der Waals surface area contributed by atoms with Gasteiger partial charge in [0.2, 0.25) is 6.79 Å². The summed E-state index contributed by atoms with van der Waals surface area (Å²) in [6.07, 6.45) is 0. The van der Waals surface area contributed by atoms with E-state index in [0.29, 0.717) is 5.75 Å². The fourth-order valence-corrected chi connectivity index (χ4v) is 2.58. The molecule has 0 atom stereocenters. The zero-order valence-electron chi connectivity index (χ0n) is 13.0. The average Bonchev–Trinajstić information content (AvgIpc) is 3.06. The number of carbonyl (C=O) groups is 2. The molecule has 26 heavy (non-hydrogen) atoms. The van der Waals surface area contributed by atoms with Gasteiger partial charge in [0.1, 0.15) is 0 Å². The highest BCUT2D eigenvalue weighted by atomic mass is 16.7. The van der Waals surface area contributed by atoms with E-state index >= 15 is 0 Å². The fourth-order valence-electron chi connectivity index (χ4n) is 2.58. The number of rotatable bonds is 5. The van der Waals surface area contributed by atoms with Crippen molar-refractivity contribution in [3.63, 3.8) is 0 Å². The number of aliphatic carboxylic acids is 2. The van der Waals surface area contributed by atoms with Gasteiger partial charge < -0.3 is 19.7 Å². The summed E-state index contributed by atoms with van der Waals surface area (Å²) in [7, 11) is 0. The topological polar surface area (TPSA) is 136 Å². The first-order valence-electron chi connectivity index (χ1n) is 7.24. The van der Waals surface area contributed by atoms with Crippen LogP contribution in [-0.4, -0.2) is 33.9 Å². The Labute approximate surface area is 145 Å². The van der Waals surface area contributed by atoms with Crippen LogP contribution >= 0.6 is 0 Å². The smallest absolute Gasteiger partial charge is 0.337 e. The van der Waals surface area contributed by atoms with Gasteiger partial charge in [0.05, 0.1) is 16.1 Å². The minimum absolute atomic E-state index is 0.0262. The van der Waals surface area contributed by atoms with Gasteiger partial charge >= 0.3 is 11.9 Å². The number of fused-ring (bicyclic) bond motifs is 1. The molecule has 0 saturated heterocycles.